The number of ether oxygens (including phenoxy) is 1. The topological polar surface area (TPSA) is 58.5 Å². The minimum absolute atomic E-state index is 0.0179. The molecule has 1 N–H and O–H groups in total. The maximum atomic E-state index is 8.99. The van der Waals surface area contributed by atoms with Gasteiger partial charge < -0.3 is 14.7 Å². The van der Waals surface area contributed by atoms with Gasteiger partial charge in [-0.3, -0.25) is 0 Å². The summed E-state index contributed by atoms with van der Waals surface area (Å²) in [7, 11) is 0. The lowest BCUT2D eigenvalue weighted by atomic mass is 10.3. The van der Waals surface area contributed by atoms with Crippen LogP contribution in [0.3, 0.4) is 0 Å². The Morgan fingerprint density at radius 2 is 2.27 bits per heavy atom. The van der Waals surface area contributed by atoms with Gasteiger partial charge >= 0.3 is 0 Å². The predicted octanol–water partition coefficient (Wildman–Crippen LogP) is 0.327. The minimum Gasteiger partial charge on any atom is -0.394 e. The number of rotatable bonds is 2. The Hall–Kier alpha value is -0.910. The summed E-state index contributed by atoms with van der Waals surface area (Å²) in [6.07, 6.45) is 2.97. The van der Waals surface area contributed by atoms with Crippen molar-refractivity contribution in [3.63, 3.8) is 0 Å². The van der Waals surface area contributed by atoms with E-state index in [0.717, 1.165) is 6.54 Å². The lowest BCUT2D eigenvalue weighted by molar-refractivity contribution is 0.00314. The molecular weight excluding hydrogens is 218 g/mol. The highest BCUT2D eigenvalue weighted by atomic mass is 35.5. The molecule has 2 heterocycles. The van der Waals surface area contributed by atoms with E-state index in [-0.39, 0.29) is 12.7 Å². The Kier molecular flexibility index (Phi) is 3.35. The summed E-state index contributed by atoms with van der Waals surface area (Å²) in [5, 5.41) is 9.51. The number of hydrogen-bond acceptors (Lipinski definition) is 5. The summed E-state index contributed by atoms with van der Waals surface area (Å²) < 4.78 is 5.33. The highest BCUT2D eigenvalue weighted by Crippen LogP contribution is 2.13. The normalized spacial score (nSPS) is 21.7. The zero-order valence-corrected chi connectivity index (χ0v) is 8.89. The van der Waals surface area contributed by atoms with Crippen molar-refractivity contribution in [2.24, 2.45) is 0 Å². The van der Waals surface area contributed by atoms with Gasteiger partial charge in [0.05, 0.1) is 36.7 Å². The van der Waals surface area contributed by atoms with Crippen LogP contribution in [0.2, 0.25) is 5.02 Å². The van der Waals surface area contributed by atoms with E-state index in [2.05, 4.69) is 9.97 Å². The van der Waals surface area contributed by atoms with E-state index < -0.39 is 0 Å². The highest BCUT2D eigenvalue weighted by molar-refractivity contribution is 6.30. The Morgan fingerprint density at radius 1 is 1.53 bits per heavy atom. The van der Waals surface area contributed by atoms with Crippen LogP contribution in [0.5, 0.6) is 0 Å². The Balaban J connectivity index is 2.06. The third-order valence-electron chi connectivity index (χ3n) is 2.23. The smallest absolute Gasteiger partial charge is 0.225 e. The monoisotopic (exact) mass is 229 g/mol. The quantitative estimate of drug-likeness (QED) is 0.792. The number of hydrogen-bond donors (Lipinski definition) is 1. The van der Waals surface area contributed by atoms with Crippen LogP contribution < -0.4 is 4.90 Å². The fourth-order valence-corrected chi connectivity index (χ4v) is 1.58. The molecule has 0 radical (unpaired) electrons. The minimum atomic E-state index is -0.155. The molecular formula is C9H12ClN3O2. The van der Waals surface area contributed by atoms with Crippen molar-refractivity contribution in [1.29, 1.82) is 0 Å². The van der Waals surface area contributed by atoms with Crippen LogP contribution in [0.25, 0.3) is 0 Å². The molecule has 0 aromatic carbocycles. The maximum Gasteiger partial charge on any atom is 0.225 e. The molecule has 5 nitrogen and oxygen atoms in total. The van der Waals surface area contributed by atoms with Crippen LogP contribution in [0.4, 0.5) is 5.95 Å². The number of aliphatic hydroxyl groups excluding tert-OH is 1. The molecule has 1 aromatic rings. The number of aliphatic hydroxyl groups is 1. The molecule has 0 saturated carbocycles. The lowest BCUT2D eigenvalue weighted by Crippen LogP contribution is -2.44. The van der Waals surface area contributed by atoms with E-state index in [9.17, 15) is 0 Å². The summed E-state index contributed by atoms with van der Waals surface area (Å²) in [6, 6.07) is 0. The molecule has 1 aromatic heterocycles. The van der Waals surface area contributed by atoms with Crippen molar-refractivity contribution in [1.82, 2.24) is 9.97 Å². The Morgan fingerprint density at radius 3 is 2.93 bits per heavy atom. The number of halogens is 1. The highest BCUT2D eigenvalue weighted by Gasteiger charge is 2.21. The Labute approximate surface area is 92.7 Å². The van der Waals surface area contributed by atoms with E-state index in [1.807, 2.05) is 4.90 Å². The van der Waals surface area contributed by atoms with E-state index in [1.165, 1.54) is 0 Å². The molecule has 6 heteroatoms. The molecule has 1 fully saturated rings. The first-order chi connectivity index (χ1) is 7.29. The SMILES string of the molecule is OCC1CN(c2ncc(Cl)cn2)CCO1. The van der Waals surface area contributed by atoms with E-state index in [4.69, 9.17) is 21.4 Å². The average Bonchev–Trinajstić information content (AvgIpc) is 2.30. The lowest BCUT2D eigenvalue weighted by Gasteiger charge is -2.31. The van der Waals surface area contributed by atoms with Gasteiger partial charge in [0.1, 0.15) is 0 Å². The molecule has 82 valence electrons. The van der Waals surface area contributed by atoms with Gasteiger partial charge in [-0.2, -0.15) is 0 Å². The zero-order chi connectivity index (χ0) is 10.7. The third-order valence-corrected chi connectivity index (χ3v) is 2.43. The molecule has 1 saturated heterocycles. The number of anilines is 1. The molecule has 1 atom stereocenters. The second-order valence-electron chi connectivity index (χ2n) is 3.32. The summed E-state index contributed by atoms with van der Waals surface area (Å²) in [5.74, 6) is 0.626. The van der Waals surface area contributed by atoms with Crippen LogP contribution in [0.1, 0.15) is 0 Å². The second kappa shape index (κ2) is 4.74. The molecule has 1 aliphatic heterocycles. The molecule has 0 aliphatic carbocycles. The van der Waals surface area contributed by atoms with Crippen molar-refractivity contribution in [2.45, 2.75) is 6.10 Å². The molecule has 15 heavy (non-hydrogen) atoms. The second-order valence-corrected chi connectivity index (χ2v) is 3.76. The van der Waals surface area contributed by atoms with Crippen LogP contribution in [-0.4, -0.2) is 47.5 Å². The van der Waals surface area contributed by atoms with Gasteiger partial charge in [0.25, 0.3) is 0 Å². The van der Waals surface area contributed by atoms with Crippen LogP contribution >= 0.6 is 11.6 Å². The zero-order valence-electron chi connectivity index (χ0n) is 8.14. The molecule has 0 amide bonds. The van der Waals surface area contributed by atoms with Gasteiger partial charge in [-0.15, -0.1) is 0 Å². The van der Waals surface area contributed by atoms with Crippen LogP contribution in [0.15, 0.2) is 12.4 Å². The van der Waals surface area contributed by atoms with Crippen molar-refractivity contribution in [3.05, 3.63) is 17.4 Å². The van der Waals surface area contributed by atoms with Gasteiger partial charge in [-0.05, 0) is 0 Å². The molecule has 0 bridgehead atoms. The largest absolute Gasteiger partial charge is 0.394 e. The molecule has 2 rings (SSSR count). The van der Waals surface area contributed by atoms with Gasteiger partial charge in [0, 0.05) is 13.1 Å². The molecule has 0 spiro atoms. The van der Waals surface area contributed by atoms with E-state index >= 15 is 0 Å². The molecule has 1 aliphatic rings. The number of morpholine rings is 1. The number of aromatic nitrogens is 2. The summed E-state index contributed by atoms with van der Waals surface area (Å²) in [5.41, 5.74) is 0. The predicted molar refractivity (Wildman–Crippen MR) is 56.1 cm³/mol. The standard InChI is InChI=1S/C9H12ClN3O2/c10-7-3-11-9(12-4-7)13-1-2-15-8(5-13)6-14/h3-4,8,14H,1-2,5-6H2. The van der Waals surface area contributed by atoms with Crippen molar-refractivity contribution in [2.75, 3.05) is 31.2 Å². The number of nitrogens with zero attached hydrogens (tertiary/aromatic N) is 3. The van der Waals surface area contributed by atoms with Gasteiger partial charge in [0.15, 0.2) is 0 Å². The summed E-state index contributed by atoms with van der Waals surface area (Å²) in [6.45, 7) is 1.94. The fourth-order valence-electron chi connectivity index (χ4n) is 1.48. The first kappa shape index (κ1) is 10.6. The molecule has 1 unspecified atom stereocenters. The fraction of sp³-hybridized carbons (Fsp3) is 0.556. The van der Waals surface area contributed by atoms with Crippen LogP contribution in [0, 0.1) is 0 Å². The van der Waals surface area contributed by atoms with Crippen molar-refractivity contribution >= 4 is 17.5 Å². The van der Waals surface area contributed by atoms with E-state index in [0.29, 0.717) is 24.1 Å². The first-order valence-electron chi connectivity index (χ1n) is 4.74. The van der Waals surface area contributed by atoms with E-state index in [1.54, 1.807) is 12.4 Å². The average molecular weight is 230 g/mol. The Bertz CT molecular complexity index is 320. The van der Waals surface area contributed by atoms with Gasteiger partial charge in [-0.1, -0.05) is 11.6 Å². The van der Waals surface area contributed by atoms with Crippen LogP contribution in [-0.2, 0) is 4.74 Å². The maximum absolute atomic E-state index is 8.99. The van der Waals surface area contributed by atoms with Gasteiger partial charge in [-0.25, -0.2) is 9.97 Å². The summed E-state index contributed by atoms with van der Waals surface area (Å²) in [4.78, 5) is 10.2. The third kappa shape index (κ3) is 2.56. The summed E-state index contributed by atoms with van der Waals surface area (Å²) >= 11 is 5.70. The van der Waals surface area contributed by atoms with Gasteiger partial charge in [0.2, 0.25) is 5.95 Å². The van der Waals surface area contributed by atoms with Crippen molar-refractivity contribution in [3.8, 4) is 0 Å². The first-order valence-corrected chi connectivity index (χ1v) is 5.12. The van der Waals surface area contributed by atoms with Crippen molar-refractivity contribution < 1.29 is 9.84 Å².